The first-order valence-electron chi connectivity index (χ1n) is 7.90. The highest BCUT2D eigenvalue weighted by Crippen LogP contribution is 2.39. The summed E-state index contributed by atoms with van der Waals surface area (Å²) < 4.78 is 0. The van der Waals surface area contributed by atoms with Gasteiger partial charge in [-0.3, -0.25) is 4.79 Å². The van der Waals surface area contributed by atoms with E-state index in [0.29, 0.717) is 25.4 Å². The Morgan fingerprint density at radius 1 is 1.11 bits per heavy atom. The SMILES string of the molecule is NCC1CCCCN1C(=O)CC1(CN)CCCCC1. The van der Waals surface area contributed by atoms with Crippen molar-refractivity contribution in [1.29, 1.82) is 0 Å². The molecule has 4 nitrogen and oxygen atoms in total. The van der Waals surface area contributed by atoms with Crippen molar-refractivity contribution < 1.29 is 4.79 Å². The Kier molecular flexibility index (Phi) is 5.22. The molecule has 1 aliphatic heterocycles. The van der Waals surface area contributed by atoms with Crippen LogP contribution in [-0.4, -0.2) is 36.5 Å². The van der Waals surface area contributed by atoms with E-state index < -0.39 is 0 Å². The van der Waals surface area contributed by atoms with Gasteiger partial charge in [-0.1, -0.05) is 19.3 Å². The second kappa shape index (κ2) is 6.71. The molecule has 1 saturated carbocycles. The van der Waals surface area contributed by atoms with Crippen LogP contribution in [0.5, 0.6) is 0 Å². The molecule has 1 atom stereocenters. The summed E-state index contributed by atoms with van der Waals surface area (Å²) in [6.07, 6.45) is 10.0. The molecule has 0 spiro atoms. The predicted molar refractivity (Wildman–Crippen MR) is 77.6 cm³/mol. The topological polar surface area (TPSA) is 72.3 Å². The van der Waals surface area contributed by atoms with E-state index in [1.807, 2.05) is 4.90 Å². The van der Waals surface area contributed by atoms with Crippen LogP contribution in [0.25, 0.3) is 0 Å². The van der Waals surface area contributed by atoms with E-state index in [0.717, 1.165) is 32.2 Å². The minimum absolute atomic E-state index is 0.0753. The lowest BCUT2D eigenvalue weighted by Gasteiger charge is -2.40. The van der Waals surface area contributed by atoms with E-state index in [1.54, 1.807) is 0 Å². The zero-order valence-electron chi connectivity index (χ0n) is 12.1. The van der Waals surface area contributed by atoms with Crippen molar-refractivity contribution in [3.05, 3.63) is 0 Å². The molecule has 0 aromatic heterocycles. The minimum Gasteiger partial charge on any atom is -0.338 e. The predicted octanol–water partition coefficient (Wildman–Crippen LogP) is 1.63. The van der Waals surface area contributed by atoms with E-state index in [2.05, 4.69) is 0 Å². The molecule has 0 aromatic rings. The number of hydrogen-bond donors (Lipinski definition) is 2. The normalized spacial score (nSPS) is 27.3. The van der Waals surface area contributed by atoms with Crippen molar-refractivity contribution in [2.45, 2.75) is 63.8 Å². The molecule has 2 aliphatic rings. The Bertz CT molecular complexity index is 300. The fraction of sp³-hybridized carbons (Fsp3) is 0.933. The van der Waals surface area contributed by atoms with Crippen molar-refractivity contribution in [2.24, 2.45) is 16.9 Å². The number of carbonyl (C=O) groups excluding carboxylic acids is 1. The average molecular weight is 267 g/mol. The summed E-state index contributed by atoms with van der Waals surface area (Å²) in [6.45, 7) is 2.14. The fourth-order valence-corrected chi connectivity index (χ4v) is 3.75. The van der Waals surface area contributed by atoms with Gasteiger partial charge in [0.2, 0.25) is 5.91 Å². The number of nitrogens with zero attached hydrogens (tertiary/aromatic N) is 1. The number of hydrogen-bond acceptors (Lipinski definition) is 3. The van der Waals surface area contributed by atoms with Crippen LogP contribution < -0.4 is 11.5 Å². The molecule has 1 aliphatic carbocycles. The van der Waals surface area contributed by atoms with Gasteiger partial charge in [-0.2, -0.15) is 0 Å². The maximum Gasteiger partial charge on any atom is 0.223 e. The summed E-state index contributed by atoms with van der Waals surface area (Å²) in [4.78, 5) is 14.7. The van der Waals surface area contributed by atoms with Crippen molar-refractivity contribution in [3.8, 4) is 0 Å². The number of amides is 1. The summed E-state index contributed by atoms with van der Waals surface area (Å²) in [5.41, 5.74) is 11.9. The van der Waals surface area contributed by atoms with Crippen molar-refractivity contribution in [3.63, 3.8) is 0 Å². The van der Waals surface area contributed by atoms with Crippen LogP contribution in [0.2, 0.25) is 0 Å². The van der Waals surface area contributed by atoms with Crippen LogP contribution in [0.1, 0.15) is 57.8 Å². The quantitative estimate of drug-likeness (QED) is 0.813. The third kappa shape index (κ3) is 3.48. The van der Waals surface area contributed by atoms with E-state index in [9.17, 15) is 4.79 Å². The van der Waals surface area contributed by atoms with Crippen molar-refractivity contribution >= 4 is 5.91 Å². The van der Waals surface area contributed by atoms with Crippen LogP contribution in [0.3, 0.4) is 0 Å². The number of nitrogens with two attached hydrogens (primary N) is 2. The summed E-state index contributed by atoms with van der Waals surface area (Å²) in [5.74, 6) is 0.294. The van der Waals surface area contributed by atoms with Gasteiger partial charge in [-0.25, -0.2) is 0 Å². The molecule has 2 rings (SSSR count). The molecule has 1 saturated heterocycles. The van der Waals surface area contributed by atoms with Gasteiger partial charge in [0.1, 0.15) is 0 Å². The maximum atomic E-state index is 12.6. The first-order valence-corrected chi connectivity index (χ1v) is 7.90. The largest absolute Gasteiger partial charge is 0.338 e. The Balaban J connectivity index is 1.98. The zero-order chi connectivity index (χ0) is 13.7. The molecular weight excluding hydrogens is 238 g/mol. The van der Waals surface area contributed by atoms with Gasteiger partial charge in [0, 0.05) is 25.6 Å². The highest BCUT2D eigenvalue weighted by molar-refractivity contribution is 5.77. The number of piperidine rings is 1. The van der Waals surface area contributed by atoms with Gasteiger partial charge >= 0.3 is 0 Å². The van der Waals surface area contributed by atoms with Gasteiger partial charge in [-0.15, -0.1) is 0 Å². The summed E-state index contributed by atoms with van der Waals surface area (Å²) in [6, 6.07) is 0.264. The molecule has 4 heteroatoms. The lowest BCUT2D eigenvalue weighted by molar-refractivity contribution is -0.137. The van der Waals surface area contributed by atoms with Crippen LogP contribution in [-0.2, 0) is 4.79 Å². The summed E-state index contributed by atoms with van der Waals surface area (Å²) in [5, 5.41) is 0. The zero-order valence-corrected chi connectivity index (χ0v) is 12.1. The third-order valence-corrected chi connectivity index (χ3v) is 5.09. The molecular formula is C15H29N3O. The van der Waals surface area contributed by atoms with Crippen molar-refractivity contribution in [1.82, 2.24) is 4.90 Å². The lowest BCUT2D eigenvalue weighted by atomic mass is 9.71. The van der Waals surface area contributed by atoms with Crippen molar-refractivity contribution in [2.75, 3.05) is 19.6 Å². The van der Waals surface area contributed by atoms with Gasteiger partial charge in [0.25, 0.3) is 0 Å². The van der Waals surface area contributed by atoms with Crippen LogP contribution in [0.4, 0.5) is 0 Å². The van der Waals surface area contributed by atoms with Gasteiger partial charge < -0.3 is 16.4 Å². The lowest BCUT2D eigenvalue weighted by Crippen LogP contribution is -2.49. The molecule has 1 unspecified atom stereocenters. The van der Waals surface area contributed by atoms with Gasteiger partial charge in [0.05, 0.1) is 0 Å². The Morgan fingerprint density at radius 2 is 1.84 bits per heavy atom. The molecule has 0 radical (unpaired) electrons. The molecule has 1 heterocycles. The fourth-order valence-electron chi connectivity index (χ4n) is 3.75. The van der Waals surface area contributed by atoms with E-state index in [1.165, 1.54) is 25.7 Å². The monoisotopic (exact) mass is 267 g/mol. The van der Waals surface area contributed by atoms with Gasteiger partial charge in [0.15, 0.2) is 0 Å². The Labute approximate surface area is 116 Å². The molecule has 2 fully saturated rings. The summed E-state index contributed by atoms with van der Waals surface area (Å²) >= 11 is 0. The van der Waals surface area contributed by atoms with E-state index >= 15 is 0 Å². The Hall–Kier alpha value is -0.610. The molecule has 4 N–H and O–H groups in total. The van der Waals surface area contributed by atoms with Crippen LogP contribution in [0.15, 0.2) is 0 Å². The van der Waals surface area contributed by atoms with Gasteiger partial charge in [-0.05, 0) is 44.1 Å². The van der Waals surface area contributed by atoms with Crippen LogP contribution in [0, 0.1) is 5.41 Å². The second-order valence-electron chi connectivity index (χ2n) is 6.41. The standard InChI is InChI=1S/C15H29N3O/c16-11-13-6-2-5-9-18(13)14(19)10-15(12-17)7-3-1-4-8-15/h13H,1-12,16-17H2. The second-order valence-corrected chi connectivity index (χ2v) is 6.41. The molecule has 0 aromatic carbocycles. The first-order chi connectivity index (χ1) is 9.21. The highest BCUT2D eigenvalue weighted by Gasteiger charge is 2.36. The highest BCUT2D eigenvalue weighted by atomic mass is 16.2. The number of likely N-dealkylation sites (tertiary alicyclic amines) is 1. The smallest absolute Gasteiger partial charge is 0.223 e. The number of carbonyl (C=O) groups is 1. The average Bonchev–Trinajstić information content (AvgIpc) is 2.48. The van der Waals surface area contributed by atoms with E-state index in [-0.39, 0.29) is 11.5 Å². The maximum absolute atomic E-state index is 12.6. The van der Waals surface area contributed by atoms with Crippen LogP contribution >= 0.6 is 0 Å². The summed E-state index contributed by atoms with van der Waals surface area (Å²) in [7, 11) is 0. The Morgan fingerprint density at radius 3 is 2.47 bits per heavy atom. The molecule has 110 valence electrons. The van der Waals surface area contributed by atoms with E-state index in [4.69, 9.17) is 11.5 Å². The third-order valence-electron chi connectivity index (χ3n) is 5.09. The molecule has 0 bridgehead atoms. The number of rotatable bonds is 4. The molecule has 1 amide bonds. The molecule has 19 heavy (non-hydrogen) atoms. The minimum atomic E-state index is 0.0753. The first kappa shape index (κ1) is 14.8.